The minimum atomic E-state index is -0.186. The molecule has 0 aromatic heterocycles. The van der Waals surface area contributed by atoms with Crippen LogP contribution in [0.5, 0.6) is 11.5 Å². The topological polar surface area (TPSA) is 49.5 Å². The van der Waals surface area contributed by atoms with Gasteiger partial charge in [-0.2, -0.15) is 0 Å². The molecule has 0 saturated carbocycles. The Morgan fingerprint density at radius 1 is 1.06 bits per heavy atom. The van der Waals surface area contributed by atoms with Crippen LogP contribution in [0.15, 0.2) is 54.2 Å². The van der Waals surface area contributed by atoms with E-state index in [1.165, 1.54) is 22.4 Å². The number of rotatable bonds is 4. The summed E-state index contributed by atoms with van der Waals surface area (Å²) >= 11 is 0. The van der Waals surface area contributed by atoms with E-state index in [9.17, 15) is 0 Å². The maximum absolute atomic E-state index is 6.15. The van der Waals surface area contributed by atoms with Gasteiger partial charge in [-0.25, -0.2) is 0 Å². The van der Waals surface area contributed by atoms with Crippen molar-refractivity contribution >= 4 is 0 Å². The maximum Gasteiger partial charge on any atom is 0.172 e. The lowest BCUT2D eigenvalue weighted by Gasteiger charge is -2.49. The maximum atomic E-state index is 6.15. The molecule has 0 aliphatic carbocycles. The van der Waals surface area contributed by atoms with Crippen LogP contribution < -0.4 is 14.8 Å². The molecule has 2 aromatic carbocycles. The van der Waals surface area contributed by atoms with Gasteiger partial charge in [0.2, 0.25) is 0 Å². The lowest BCUT2D eigenvalue weighted by molar-refractivity contribution is 0.0977. The van der Waals surface area contributed by atoms with Crippen molar-refractivity contribution in [3.05, 3.63) is 70.9 Å². The standard InChI is InChI=1S/C28H35N3O3/c1-27(2)16-23-28(10-12-30(13-11-28)17-19-8-6-5-7-9-19)29-25-26(34-25)31(23)18-20-14-21(32-3)15-22(33-4)24(20)27/h5-9,14-16,25-26,29H,10-13,17-18H2,1-4H3. The number of benzene rings is 2. The number of epoxide rings is 1. The van der Waals surface area contributed by atoms with Crippen LogP contribution in [0, 0.1) is 0 Å². The van der Waals surface area contributed by atoms with E-state index in [1.54, 1.807) is 14.2 Å². The van der Waals surface area contributed by atoms with E-state index in [0.717, 1.165) is 50.5 Å². The van der Waals surface area contributed by atoms with Gasteiger partial charge in [0.05, 0.1) is 19.8 Å². The summed E-state index contributed by atoms with van der Waals surface area (Å²) in [5.74, 6) is 1.73. The third-order valence-corrected chi connectivity index (χ3v) is 8.05. The number of nitrogens with one attached hydrogen (secondary N) is 1. The minimum Gasteiger partial charge on any atom is -0.497 e. The number of methoxy groups -OCH3 is 2. The average Bonchev–Trinajstić information content (AvgIpc) is 3.62. The van der Waals surface area contributed by atoms with Crippen molar-refractivity contribution in [1.29, 1.82) is 0 Å². The highest BCUT2D eigenvalue weighted by Gasteiger charge is 2.58. The number of allylic oxidation sites excluding steroid dienone is 1. The van der Waals surface area contributed by atoms with E-state index in [2.05, 4.69) is 71.4 Å². The molecule has 6 nitrogen and oxygen atoms in total. The highest BCUT2D eigenvalue weighted by molar-refractivity contribution is 5.54. The van der Waals surface area contributed by atoms with Gasteiger partial charge in [-0.1, -0.05) is 50.3 Å². The highest BCUT2D eigenvalue weighted by atomic mass is 16.6. The highest BCUT2D eigenvalue weighted by Crippen LogP contribution is 2.50. The second-order valence-electron chi connectivity index (χ2n) is 10.7. The van der Waals surface area contributed by atoms with Gasteiger partial charge in [0, 0.05) is 48.9 Å². The second-order valence-corrected chi connectivity index (χ2v) is 10.7. The van der Waals surface area contributed by atoms with Gasteiger partial charge < -0.3 is 19.1 Å². The molecule has 1 N–H and O–H groups in total. The molecule has 180 valence electrons. The number of piperidine rings is 1. The molecule has 2 atom stereocenters. The first-order chi connectivity index (χ1) is 16.4. The predicted molar refractivity (Wildman–Crippen MR) is 132 cm³/mol. The molecule has 6 rings (SSSR count). The minimum absolute atomic E-state index is 0.0680. The number of piperazine rings is 1. The molecule has 4 aliphatic heterocycles. The number of fused-ring (bicyclic) bond motifs is 5. The molecule has 3 saturated heterocycles. The first-order valence-corrected chi connectivity index (χ1v) is 12.4. The lowest BCUT2D eigenvalue weighted by atomic mass is 9.76. The fourth-order valence-electron chi connectivity index (χ4n) is 6.31. The Bertz CT molecular complexity index is 1110. The van der Waals surface area contributed by atoms with Crippen LogP contribution in [-0.4, -0.2) is 55.1 Å². The summed E-state index contributed by atoms with van der Waals surface area (Å²) in [5.41, 5.74) is 5.00. The molecule has 1 spiro atoms. The van der Waals surface area contributed by atoms with E-state index < -0.39 is 0 Å². The molecule has 34 heavy (non-hydrogen) atoms. The Balaban J connectivity index is 1.33. The van der Waals surface area contributed by atoms with Crippen LogP contribution in [0.4, 0.5) is 0 Å². The largest absolute Gasteiger partial charge is 0.497 e. The Morgan fingerprint density at radius 2 is 1.82 bits per heavy atom. The van der Waals surface area contributed by atoms with Crippen molar-refractivity contribution in [2.45, 2.75) is 63.2 Å². The molecule has 2 aromatic rings. The summed E-state index contributed by atoms with van der Waals surface area (Å²) in [6.45, 7) is 8.54. The summed E-state index contributed by atoms with van der Waals surface area (Å²) < 4.78 is 17.6. The van der Waals surface area contributed by atoms with Crippen molar-refractivity contribution in [1.82, 2.24) is 15.1 Å². The Morgan fingerprint density at radius 3 is 2.53 bits per heavy atom. The first-order valence-electron chi connectivity index (χ1n) is 12.4. The van der Waals surface area contributed by atoms with Gasteiger partial charge in [0.15, 0.2) is 12.5 Å². The van der Waals surface area contributed by atoms with Gasteiger partial charge in [-0.3, -0.25) is 10.2 Å². The summed E-state index contributed by atoms with van der Waals surface area (Å²) in [5, 5.41) is 3.92. The molecular formula is C28H35N3O3. The van der Waals surface area contributed by atoms with Gasteiger partial charge in [-0.05, 0) is 30.0 Å². The van der Waals surface area contributed by atoms with Crippen molar-refractivity contribution in [3.8, 4) is 11.5 Å². The van der Waals surface area contributed by atoms with E-state index in [-0.39, 0.29) is 23.4 Å². The number of likely N-dealkylation sites (tertiary alicyclic amines) is 1. The molecule has 4 heterocycles. The fraction of sp³-hybridized carbons (Fsp3) is 0.500. The number of nitrogens with zero attached hydrogens (tertiary/aromatic N) is 2. The first kappa shape index (κ1) is 22.0. The van der Waals surface area contributed by atoms with Crippen LogP contribution in [0.25, 0.3) is 0 Å². The normalized spacial score (nSPS) is 26.6. The Hall–Kier alpha value is -2.54. The van der Waals surface area contributed by atoms with E-state index >= 15 is 0 Å². The summed E-state index contributed by atoms with van der Waals surface area (Å²) in [4.78, 5) is 5.08. The van der Waals surface area contributed by atoms with Crippen LogP contribution in [0.1, 0.15) is 43.4 Å². The number of ether oxygens (including phenoxy) is 3. The zero-order valence-electron chi connectivity index (χ0n) is 20.6. The van der Waals surface area contributed by atoms with E-state index in [4.69, 9.17) is 14.2 Å². The molecular weight excluding hydrogens is 426 g/mol. The monoisotopic (exact) mass is 461 g/mol. The molecule has 0 radical (unpaired) electrons. The van der Waals surface area contributed by atoms with Crippen LogP contribution >= 0.6 is 0 Å². The van der Waals surface area contributed by atoms with Gasteiger partial charge in [0.25, 0.3) is 0 Å². The van der Waals surface area contributed by atoms with Crippen LogP contribution in [0.3, 0.4) is 0 Å². The van der Waals surface area contributed by atoms with Crippen molar-refractivity contribution in [3.63, 3.8) is 0 Å². The third kappa shape index (κ3) is 3.60. The summed E-state index contributed by atoms with van der Waals surface area (Å²) in [7, 11) is 3.47. The second kappa shape index (κ2) is 8.01. The predicted octanol–water partition coefficient (Wildman–Crippen LogP) is 4.00. The van der Waals surface area contributed by atoms with E-state index in [0.29, 0.717) is 0 Å². The van der Waals surface area contributed by atoms with E-state index in [1.807, 2.05) is 6.07 Å². The van der Waals surface area contributed by atoms with Crippen molar-refractivity contribution < 1.29 is 14.2 Å². The Kier molecular flexibility index (Phi) is 5.17. The van der Waals surface area contributed by atoms with Crippen LogP contribution in [-0.2, 0) is 23.2 Å². The number of hydrogen-bond donors (Lipinski definition) is 1. The molecule has 0 amide bonds. The SMILES string of the molecule is COc1cc2c(c(OC)c1)C(C)(C)C=C1N(C2)C2OC2NC12CCN(Cc1ccccc1)CC2. The summed E-state index contributed by atoms with van der Waals surface area (Å²) in [6.07, 6.45) is 4.82. The molecule has 0 bridgehead atoms. The fourth-order valence-corrected chi connectivity index (χ4v) is 6.31. The van der Waals surface area contributed by atoms with Crippen molar-refractivity contribution in [2.75, 3.05) is 27.3 Å². The zero-order chi connectivity index (χ0) is 23.5. The molecule has 3 fully saturated rings. The smallest absolute Gasteiger partial charge is 0.172 e. The third-order valence-electron chi connectivity index (χ3n) is 8.05. The molecule has 6 heteroatoms. The van der Waals surface area contributed by atoms with Gasteiger partial charge >= 0.3 is 0 Å². The zero-order valence-corrected chi connectivity index (χ0v) is 20.6. The molecule has 4 aliphatic rings. The molecule has 2 unspecified atom stereocenters. The number of hydrogen-bond acceptors (Lipinski definition) is 6. The average molecular weight is 462 g/mol. The lowest BCUT2D eigenvalue weighted by Crippen LogP contribution is -2.62. The van der Waals surface area contributed by atoms with Gasteiger partial charge in [-0.15, -0.1) is 0 Å². The Labute approximate surface area is 202 Å². The van der Waals surface area contributed by atoms with Gasteiger partial charge in [0.1, 0.15) is 11.5 Å². The van der Waals surface area contributed by atoms with Crippen molar-refractivity contribution in [2.24, 2.45) is 0 Å². The quantitative estimate of drug-likeness (QED) is 0.695. The summed E-state index contributed by atoms with van der Waals surface area (Å²) in [6, 6.07) is 15.0. The van der Waals surface area contributed by atoms with Crippen LogP contribution in [0.2, 0.25) is 0 Å².